The number of halogens is 3. The second-order valence-electron chi connectivity index (χ2n) is 4.62. The summed E-state index contributed by atoms with van der Waals surface area (Å²) in [5.74, 6) is -0.709. The summed E-state index contributed by atoms with van der Waals surface area (Å²) in [5.41, 5.74) is -0.284. The molecule has 0 radical (unpaired) electrons. The molecule has 2 rings (SSSR count). The third-order valence-corrected chi connectivity index (χ3v) is 3.04. The van der Waals surface area contributed by atoms with Gasteiger partial charge in [0.15, 0.2) is 6.61 Å². The van der Waals surface area contributed by atoms with Crippen LogP contribution in [0.3, 0.4) is 0 Å². The fraction of sp³-hybridized carbons (Fsp3) is 0.188. The van der Waals surface area contributed by atoms with Crippen molar-refractivity contribution in [2.75, 3.05) is 13.7 Å². The van der Waals surface area contributed by atoms with Gasteiger partial charge in [0, 0.05) is 5.56 Å². The van der Waals surface area contributed by atoms with Gasteiger partial charge < -0.3 is 14.6 Å². The standard InChI is InChI=1S/C16H13F3O4/c1-22-12-4-2-3-10(7-12)13-8-11(16(17,18)19)5-6-14(13)23-9-15(20)21/h2-8H,9H2,1H3,(H,20,21). The summed E-state index contributed by atoms with van der Waals surface area (Å²) in [4.78, 5) is 10.6. The maximum atomic E-state index is 12.9. The maximum Gasteiger partial charge on any atom is 0.416 e. The predicted octanol–water partition coefficient (Wildman–Crippen LogP) is 3.84. The number of rotatable bonds is 5. The molecule has 0 aliphatic carbocycles. The van der Waals surface area contributed by atoms with Crippen molar-refractivity contribution in [2.24, 2.45) is 0 Å². The second kappa shape index (κ2) is 6.60. The zero-order chi connectivity index (χ0) is 17.0. The van der Waals surface area contributed by atoms with Gasteiger partial charge in [0.1, 0.15) is 11.5 Å². The molecule has 0 fully saturated rings. The van der Waals surface area contributed by atoms with Crippen molar-refractivity contribution in [2.45, 2.75) is 6.18 Å². The largest absolute Gasteiger partial charge is 0.497 e. The molecule has 0 aliphatic rings. The van der Waals surface area contributed by atoms with Gasteiger partial charge in [-0.05, 0) is 35.9 Å². The lowest BCUT2D eigenvalue weighted by Crippen LogP contribution is -2.11. The Morgan fingerprint density at radius 3 is 2.52 bits per heavy atom. The first-order valence-corrected chi connectivity index (χ1v) is 6.51. The summed E-state index contributed by atoms with van der Waals surface area (Å²) >= 11 is 0. The molecule has 0 heterocycles. The van der Waals surface area contributed by atoms with Crippen LogP contribution in [0.25, 0.3) is 11.1 Å². The Morgan fingerprint density at radius 2 is 1.91 bits per heavy atom. The first-order chi connectivity index (χ1) is 10.8. The molecule has 0 aliphatic heterocycles. The summed E-state index contributed by atoms with van der Waals surface area (Å²) in [6.45, 7) is -0.650. The molecule has 0 spiro atoms. The Kier molecular flexibility index (Phi) is 4.78. The number of ether oxygens (including phenoxy) is 2. The maximum absolute atomic E-state index is 12.9. The van der Waals surface area contributed by atoms with Gasteiger partial charge in [0.25, 0.3) is 0 Å². The molecule has 0 amide bonds. The summed E-state index contributed by atoms with van der Waals surface area (Å²) in [7, 11) is 1.44. The second-order valence-corrected chi connectivity index (χ2v) is 4.62. The van der Waals surface area contributed by atoms with Crippen LogP contribution >= 0.6 is 0 Å². The summed E-state index contributed by atoms with van der Waals surface area (Å²) in [6, 6.07) is 9.28. The van der Waals surface area contributed by atoms with Crippen molar-refractivity contribution in [1.29, 1.82) is 0 Å². The molecule has 1 N–H and O–H groups in total. The average molecular weight is 326 g/mol. The van der Waals surface area contributed by atoms with Crippen molar-refractivity contribution in [3.8, 4) is 22.6 Å². The molecule has 7 heteroatoms. The Balaban J connectivity index is 2.52. The Bertz CT molecular complexity index is 711. The Hall–Kier alpha value is -2.70. The normalized spacial score (nSPS) is 11.1. The average Bonchev–Trinajstić information content (AvgIpc) is 2.51. The van der Waals surface area contributed by atoms with Crippen molar-refractivity contribution < 1.29 is 32.5 Å². The minimum Gasteiger partial charge on any atom is -0.497 e. The number of aliphatic carboxylic acids is 1. The lowest BCUT2D eigenvalue weighted by molar-refractivity contribution is -0.140. The molecule has 0 saturated carbocycles. The number of hydrogen-bond donors (Lipinski definition) is 1. The predicted molar refractivity (Wildman–Crippen MR) is 76.6 cm³/mol. The highest BCUT2D eigenvalue weighted by molar-refractivity contribution is 5.74. The molecule has 23 heavy (non-hydrogen) atoms. The van der Waals surface area contributed by atoms with Crippen LogP contribution in [-0.4, -0.2) is 24.8 Å². The van der Waals surface area contributed by atoms with E-state index in [9.17, 15) is 18.0 Å². The molecule has 0 unspecified atom stereocenters. The van der Waals surface area contributed by atoms with Crippen LogP contribution in [0, 0.1) is 0 Å². The molecule has 0 saturated heterocycles. The van der Waals surface area contributed by atoms with Crippen LogP contribution in [0.1, 0.15) is 5.56 Å². The number of carboxylic acids is 1. The number of carbonyl (C=O) groups is 1. The van der Waals surface area contributed by atoms with E-state index in [1.807, 2.05) is 0 Å². The molecule has 0 bridgehead atoms. The highest BCUT2D eigenvalue weighted by Gasteiger charge is 2.31. The smallest absolute Gasteiger partial charge is 0.416 e. The summed E-state index contributed by atoms with van der Waals surface area (Å²) < 4.78 is 48.9. The van der Waals surface area contributed by atoms with E-state index in [1.54, 1.807) is 24.3 Å². The van der Waals surface area contributed by atoms with E-state index >= 15 is 0 Å². The quantitative estimate of drug-likeness (QED) is 0.907. The van der Waals surface area contributed by atoms with Gasteiger partial charge in [0.2, 0.25) is 0 Å². The highest BCUT2D eigenvalue weighted by atomic mass is 19.4. The van der Waals surface area contributed by atoms with Crippen LogP contribution in [0.15, 0.2) is 42.5 Å². The number of methoxy groups -OCH3 is 1. The van der Waals surface area contributed by atoms with Gasteiger partial charge in [-0.2, -0.15) is 13.2 Å². The molecular formula is C16H13F3O4. The zero-order valence-electron chi connectivity index (χ0n) is 12.1. The van der Waals surface area contributed by atoms with E-state index in [4.69, 9.17) is 14.6 Å². The van der Waals surface area contributed by atoms with Gasteiger partial charge in [-0.1, -0.05) is 12.1 Å². The van der Waals surface area contributed by atoms with Gasteiger partial charge in [0.05, 0.1) is 12.7 Å². The highest BCUT2D eigenvalue weighted by Crippen LogP contribution is 2.38. The van der Waals surface area contributed by atoms with E-state index in [0.29, 0.717) is 11.3 Å². The van der Waals surface area contributed by atoms with Gasteiger partial charge in [-0.25, -0.2) is 4.79 Å². The van der Waals surface area contributed by atoms with Crippen LogP contribution in [0.2, 0.25) is 0 Å². The van der Waals surface area contributed by atoms with E-state index in [-0.39, 0.29) is 11.3 Å². The Morgan fingerprint density at radius 1 is 1.17 bits per heavy atom. The van der Waals surface area contributed by atoms with Crippen molar-refractivity contribution in [3.63, 3.8) is 0 Å². The minimum atomic E-state index is -4.51. The van der Waals surface area contributed by atoms with Gasteiger partial charge in [-0.3, -0.25) is 0 Å². The third kappa shape index (κ3) is 4.15. The summed E-state index contributed by atoms with van der Waals surface area (Å²) in [6.07, 6.45) is -4.51. The molecule has 0 aromatic heterocycles. The number of carboxylic acid groups (broad SMARTS) is 1. The molecule has 4 nitrogen and oxygen atoms in total. The Labute approximate surface area is 130 Å². The van der Waals surface area contributed by atoms with Crippen LogP contribution in [0.5, 0.6) is 11.5 Å². The lowest BCUT2D eigenvalue weighted by atomic mass is 10.0. The molecule has 2 aromatic rings. The number of hydrogen-bond acceptors (Lipinski definition) is 3. The topological polar surface area (TPSA) is 55.8 Å². The van der Waals surface area contributed by atoms with Crippen molar-refractivity contribution >= 4 is 5.97 Å². The van der Waals surface area contributed by atoms with E-state index in [0.717, 1.165) is 18.2 Å². The van der Waals surface area contributed by atoms with Crippen LogP contribution < -0.4 is 9.47 Å². The fourth-order valence-corrected chi connectivity index (χ4v) is 1.99. The first kappa shape index (κ1) is 16.7. The van der Waals surface area contributed by atoms with E-state index in [1.165, 1.54) is 7.11 Å². The van der Waals surface area contributed by atoms with Crippen LogP contribution in [-0.2, 0) is 11.0 Å². The molecule has 122 valence electrons. The summed E-state index contributed by atoms with van der Waals surface area (Å²) in [5, 5.41) is 8.68. The van der Waals surface area contributed by atoms with Crippen molar-refractivity contribution in [3.05, 3.63) is 48.0 Å². The van der Waals surface area contributed by atoms with E-state index in [2.05, 4.69) is 0 Å². The third-order valence-electron chi connectivity index (χ3n) is 3.04. The van der Waals surface area contributed by atoms with Gasteiger partial charge in [-0.15, -0.1) is 0 Å². The van der Waals surface area contributed by atoms with Crippen molar-refractivity contribution in [1.82, 2.24) is 0 Å². The SMILES string of the molecule is COc1cccc(-c2cc(C(F)(F)F)ccc2OCC(=O)O)c1. The first-order valence-electron chi connectivity index (χ1n) is 6.51. The molecule has 2 aromatic carbocycles. The zero-order valence-corrected chi connectivity index (χ0v) is 12.1. The molecular weight excluding hydrogens is 313 g/mol. The number of benzene rings is 2. The monoisotopic (exact) mass is 326 g/mol. The van der Waals surface area contributed by atoms with Gasteiger partial charge >= 0.3 is 12.1 Å². The van der Waals surface area contributed by atoms with Crippen LogP contribution in [0.4, 0.5) is 13.2 Å². The fourth-order valence-electron chi connectivity index (χ4n) is 1.99. The number of alkyl halides is 3. The van der Waals surface area contributed by atoms with E-state index < -0.39 is 24.3 Å². The molecule has 0 atom stereocenters. The minimum absolute atomic E-state index is 0.0497. The lowest BCUT2D eigenvalue weighted by Gasteiger charge is -2.14.